The minimum Gasteiger partial charge on any atom is -0.466 e. The fourth-order valence-corrected chi connectivity index (χ4v) is 1.55. The van der Waals surface area contributed by atoms with E-state index in [2.05, 4.69) is 0 Å². The number of ether oxygens (including phenoxy) is 1. The van der Waals surface area contributed by atoms with E-state index in [1.165, 1.54) is 0 Å². The molecular weight excluding hydrogens is 174 g/mol. The van der Waals surface area contributed by atoms with Crippen LogP contribution in [0.1, 0.15) is 13.3 Å². The lowest BCUT2D eigenvalue weighted by Gasteiger charge is -2.14. The lowest BCUT2D eigenvalue weighted by molar-refractivity contribution is -0.152. The summed E-state index contributed by atoms with van der Waals surface area (Å²) in [5.74, 6) is -1.16. The Morgan fingerprint density at radius 3 is 2.54 bits per heavy atom. The lowest BCUT2D eigenvalue weighted by atomic mass is 10.1. The van der Waals surface area contributed by atoms with Crippen molar-refractivity contribution in [1.82, 2.24) is 0 Å². The van der Waals surface area contributed by atoms with Crippen molar-refractivity contribution in [3.8, 4) is 0 Å². The molecule has 1 rings (SSSR count). The van der Waals surface area contributed by atoms with Crippen LogP contribution >= 0.6 is 0 Å². The Balaban J connectivity index is 2.57. The molecule has 0 radical (unpaired) electrons. The minimum atomic E-state index is -1.09. The van der Waals surface area contributed by atoms with Crippen molar-refractivity contribution in [3.63, 3.8) is 0 Å². The molecule has 4 N–H and O–H groups in total. The zero-order valence-corrected chi connectivity index (χ0v) is 7.51. The Hall–Kier alpha value is -0.650. The summed E-state index contributed by atoms with van der Waals surface area (Å²) in [6.07, 6.45) is -1.83. The quantitative estimate of drug-likeness (QED) is 0.465. The molecular formula is C8H15NO4. The number of hydrogen-bond donors (Lipinski definition) is 3. The van der Waals surface area contributed by atoms with Crippen molar-refractivity contribution in [1.29, 1.82) is 0 Å². The van der Waals surface area contributed by atoms with Gasteiger partial charge >= 0.3 is 5.97 Å². The van der Waals surface area contributed by atoms with Crippen molar-refractivity contribution in [3.05, 3.63) is 0 Å². The van der Waals surface area contributed by atoms with E-state index in [9.17, 15) is 15.0 Å². The molecule has 1 saturated carbocycles. The van der Waals surface area contributed by atoms with Crippen LogP contribution in [0.3, 0.4) is 0 Å². The van der Waals surface area contributed by atoms with Gasteiger partial charge in [0.1, 0.15) is 0 Å². The number of esters is 1. The Morgan fingerprint density at radius 1 is 1.54 bits per heavy atom. The van der Waals surface area contributed by atoms with Crippen LogP contribution < -0.4 is 5.73 Å². The molecule has 13 heavy (non-hydrogen) atoms. The van der Waals surface area contributed by atoms with E-state index >= 15 is 0 Å². The van der Waals surface area contributed by atoms with Crippen LogP contribution in [0.15, 0.2) is 0 Å². The fraction of sp³-hybridized carbons (Fsp3) is 0.875. The number of hydrogen-bond acceptors (Lipinski definition) is 5. The summed E-state index contributed by atoms with van der Waals surface area (Å²) in [5, 5.41) is 18.7. The van der Waals surface area contributed by atoms with E-state index in [-0.39, 0.29) is 13.0 Å². The van der Waals surface area contributed by atoms with Crippen molar-refractivity contribution in [2.75, 3.05) is 6.61 Å². The van der Waals surface area contributed by atoms with Crippen molar-refractivity contribution in [2.45, 2.75) is 31.6 Å². The predicted molar refractivity (Wildman–Crippen MR) is 44.7 cm³/mol. The highest BCUT2D eigenvalue weighted by molar-refractivity contribution is 5.73. The van der Waals surface area contributed by atoms with Gasteiger partial charge in [-0.25, -0.2) is 0 Å². The number of aliphatic hydroxyl groups is 2. The Morgan fingerprint density at radius 2 is 2.15 bits per heavy atom. The second-order valence-corrected chi connectivity index (χ2v) is 3.24. The summed E-state index contributed by atoms with van der Waals surface area (Å²) in [6.45, 7) is 1.96. The molecule has 0 spiro atoms. The Kier molecular flexibility index (Phi) is 3.24. The smallest absolute Gasteiger partial charge is 0.311 e. The average Bonchev–Trinajstić information content (AvgIpc) is 2.33. The van der Waals surface area contributed by atoms with Crippen molar-refractivity contribution in [2.24, 2.45) is 11.7 Å². The van der Waals surface area contributed by atoms with E-state index < -0.39 is 30.1 Å². The molecule has 4 atom stereocenters. The van der Waals surface area contributed by atoms with Gasteiger partial charge in [-0.2, -0.15) is 0 Å². The standard InChI is InChI=1S/C8H15NO4/c1-2-13-8(12)4-3-5(9)7(11)6(4)10/h4-7,10-11H,2-3,9H2,1H3. The highest BCUT2D eigenvalue weighted by Crippen LogP contribution is 2.26. The summed E-state index contributed by atoms with van der Waals surface area (Å²) < 4.78 is 4.73. The van der Waals surface area contributed by atoms with Gasteiger partial charge in [-0.3, -0.25) is 4.79 Å². The van der Waals surface area contributed by atoms with Gasteiger partial charge in [0, 0.05) is 6.04 Å². The molecule has 0 bridgehead atoms. The third kappa shape index (κ3) is 1.99. The van der Waals surface area contributed by atoms with Crippen LogP contribution in [-0.4, -0.2) is 41.0 Å². The molecule has 5 heteroatoms. The first-order valence-electron chi connectivity index (χ1n) is 4.36. The number of carbonyl (C=O) groups excluding carboxylic acids is 1. The normalized spacial score (nSPS) is 39.1. The predicted octanol–water partition coefficient (Wildman–Crippen LogP) is -1.38. The molecule has 0 aromatic rings. The van der Waals surface area contributed by atoms with Gasteiger partial charge in [0.2, 0.25) is 0 Å². The van der Waals surface area contributed by atoms with Gasteiger partial charge in [-0.15, -0.1) is 0 Å². The van der Waals surface area contributed by atoms with E-state index in [1.54, 1.807) is 6.92 Å². The Labute approximate surface area is 76.5 Å². The van der Waals surface area contributed by atoms with Gasteiger partial charge in [0.25, 0.3) is 0 Å². The molecule has 0 aromatic carbocycles. The molecule has 0 aliphatic heterocycles. The first-order valence-corrected chi connectivity index (χ1v) is 4.36. The highest BCUT2D eigenvalue weighted by atomic mass is 16.5. The molecule has 0 saturated heterocycles. The van der Waals surface area contributed by atoms with Crippen LogP contribution in [-0.2, 0) is 9.53 Å². The van der Waals surface area contributed by atoms with E-state index in [0.717, 1.165) is 0 Å². The minimum absolute atomic E-state index is 0.271. The van der Waals surface area contributed by atoms with Gasteiger partial charge in [-0.1, -0.05) is 0 Å². The van der Waals surface area contributed by atoms with Crippen LogP contribution in [0.2, 0.25) is 0 Å². The SMILES string of the molecule is CCOC(=O)C1CC(N)C(O)C1O. The van der Waals surface area contributed by atoms with Gasteiger partial charge < -0.3 is 20.7 Å². The van der Waals surface area contributed by atoms with Gasteiger partial charge in [0.05, 0.1) is 24.7 Å². The molecule has 1 aliphatic carbocycles. The first-order chi connectivity index (χ1) is 6.07. The topological polar surface area (TPSA) is 92.8 Å². The third-order valence-electron chi connectivity index (χ3n) is 2.32. The van der Waals surface area contributed by atoms with Crippen LogP contribution in [0.4, 0.5) is 0 Å². The molecule has 76 valence electrons. The molecule has 1 fully saturated rings. The van der Waals surface area contributed by atoms with Gasteiger partial charge in [0.15, 0.2) is 0 Å². The second-order valence-electron chi connectivity index (χ2n) is 3.24. The van der Waals surface area contributed by atoms with Gasteiger partial charge in [-0.05, 0) is 13.3 Å². The second kappa shape index (κ2) is 4.04. The summed E-state index contributed by atoms with van der Waals surface area (Å²) in [5.41, 5.74) is 5.48. The molecule has 1 aliphatic rings. The van der Waals surface area contributed by atoms with Crippen molar-refractivity contribution < 1.29 is 19.7 Å². The number of rotatable bonds is 2. The third-order valence-corrected chi connectivity index (χ3v) is 2.32. The average molecular weight is 189 g/mol. The molecule has 5 nitrogen and oxygen atoms in total. The monoisotopic (exact) mass is 189 g/mol. The summed E-state index contributed by atoms with van der Waals surface area (Å²) in [4.78, 5) is 11.2. The number of carbonyl (C=O) groups is 1. The number of aliphatic hydroxyl groups excluding tert-OH is 2. The Bertz CT molecular complexity index is 197. The molecule has 0 aromatic heterocycles. The van der Waals surface area contributed by atoms with Crippen LogP contribution in [0.5, 0.6) is 0 Å². The summed E-state index contributed by atoms with van der Waals surface area (Å²) in [6, 6.07) is -0.538. The molecule has 0 heterocycles. The maximum absolute atomic E-state index is 11.2. The summed E-state index contributed by atoms with van der Waals surface area (Å²) in [7, 11) is 0. The van der Waals surface area contributed by atoms with Crippen LogP contribution in [0, 0.1) is 5.92 Å². The first kappa shape index (κ1) is 10.4. The maximum Gasteiger partial charge on any atom is 0.311 e. The molecule has 4 unspecified atom stereocenters. The molecule has 0 amide bonds. The zero-order chi connectivity index (χ0) is 10.0. The largest absolute Gasteiger partial charge is 0.466 e. The van der Waals surface area contributed by atoms with Crippen LogP contribution in [0.25, 0.3) is 0 Å². The van der Waals surface area contributed by atoms with E-state index in [0.29, 0.717) is 0 Å². The fourth-order valence-electron chi connectivity index (χ4n) is 1.55. The lowest BCUT2D eigenvalue weighted by Crippen LogP contribution is -2.36. The highest BCUT2D eigenvalue weighted by Gasteiger charge is 2.44. The maximum atomic E-state index is 11.2. The number of nitrogens with two attached hydrogens (primary N) is 1. The summed E-state index contributed by atoms with van der Waals surface area (Å²) >= 11 is 0. The van der Waals surface area contributed by atoms with E-state index in [1.807, 2.05) is 0 Å². The zero-order valence-electron chi connectivity index (χ0n) is 7.51. The van der Waals surface area contributed by atoms with E-state index in [4.69, 9.17) is 10.5 Å². The van der Waals surface area contributed by atoms with Crippen molar-refractivity contribution >= 4 is 5.97 Å².